The molecule has 0 fully saturated rings. The van der Waals surface area contributed by atoms with Gasteiger partial charge in [0.25, 0.3) is 0 Å². The summed E-state index contributed by atoms with van der Waals surface area (Å²) in [4.78, 5) is 12.3. The molecule has 1 N–H and O–H groups in total. The third kappa shape index (κ3) is 5.77. The molecule has 0 aliphatic carbocycles. The Morgan fingerprint density at radius 2 is 1.74 bits per heavy atom. The van der Waals surface area contributed by atoms with Crippen LogP contribution in [0.5, 0.6) is 0 Å². The second-order valence-electron chi connectivity index (χ2n) is 4.90. The van der Waals surface area contributed by atoms with Crippen molar-refractivity contribution in [3.8, 4) is 0 Å². The Balaban J connectivity index is 2.44. The number of hydrogen-bond donors (Lipinski definition) is 1. The Morgan fingerprint density at radius 1 is 1.16 bits per heavy atom. The molecular weight excluding hydrogens is 302 g/mol. The van der Waals surface area contributed by atoms with Gasteiger partial charge in [-0.25, -0.2) is 0 Å². The summed E-state index contributed by atoms with van der Waals surface area (Å²) < 4.78 is 0. The summed E-state index contributed by atoms with van der Waals surface area (Å²) in [6, 6.07) is 10.2. The third-order valence-electron chi connectivity index (χ3n) is 3.26. The number of hydrogen-bond acceptors (Lipinski definition) is 1. The number of halogens is 1. The Kier molecular flexibility index (Phi) is 7.80. The van der Waals surface area contributed by atoms with Crippen LogP contribution in [0.4, 0.5) is 0 Å². The molecule has 0 saturated carbocycles. The van der Waals surface area contributed by atoms with E-state index in [1.54, 1.807) is 0 Å². The molecule has 1 aromatic rings. The van der Waals surface area contributed by atoms with Crippen molar-refractivity contribution in [2.24, 2.45) is 5.92 Å². The lowest BCUT2D eigenvalue weighted by Crippen LogP contribution is -2.32. The van der Waals surface area contributed by atoms with Gasteiger partial charge in [0.1, 0.15) is 0 Å². The minimum Gasteiger partial charge on any atom is -0.354 e. The lowest BCUT2D eigenvalue weighted by atomic mass is 9.97. The van der Waals surface area contributed by atoms with Crippen LogP contribution in [0.25, 0.3) is 0 Å². The Hall–Kier alpha value is -0.830. The molecule has 3 heteroatoms. The van der Waals surface area contributed by atoms with Crippen LogP contribution in [0, 0.1) is 5.92 Å². The Bertz CT molecular complexity index is 360. The van der Waals surface area contributed by atoms with Crippen LogP contribution < -0.4 is 5.32 Å². The van der Waals surface area contributed by atoms with E-state index >= 15 is 0 Å². The molecule has 1 amide bonds. The van der Waals surface area contributed by atoms with Gasteiger partial charge in [-0.05, 0) is 18.4 Å². The van der Waals surface area contributed by atoms with E-state index in [0.29, 0.717) is 6.54 Å². The molecule has 0 aromatic heterocycles. The van der Waals surface area contributed by atoms with Crippen LogP contribution in [-0.4, -0.2) is 12.5 Å². The fourth-order valence-electron chi connectivity index (χ4n) is 2.22. The average molecular weight is 326 g/mol. The molecule has 106 valence electrons. The molecule has 19 heavy (non-hydrogen) atoms. The quantitative estimate of drug-likeness (QED) is 0.702. The summed E-state index contributed by atoms with van der Waals surface area (Å²) in [6.07, 6.45) is 4.10. The number of carbonyl (C=O) groups excluding carboxylic acids is 1. The predicted molar refractivity (Wildman–Crippen MR) is 84.4 cm³/mol. The minimum atomic E-state index is 0.172. The number of carbonyl (C=O) groups is 1. The molecule has 0 radical (unpaired) electrons. The van der Waals surface area contributed by atoms with E-state index < -0.39 is 0 Å². The molecule has 0 aliphatic heterocycles. The first-order valence-electron chi connectivity index (χ1n) is 7.15. The number of amides is 1. The van der Waals surface area contributed by atoms with Crippen LogP contribution in [0.3, 0.4) is 0 Å². The van der Waals surface area contributed by atoms with Gasteiger partial charge in [-0.15, -0.1) is 0 Å². The Morgan fingerprint density at radius 3 is 2.26 bits per heavy atom. The average Bonchev–Trinajstić information content (AvgIpc) is 2.45. The monoisotopic (exact) mass is 325 g/mol. The van der Waals surface area contributed by atoms with Gasteiger partial charge in [0.2, 0.25) is 5.91 Å². The highest BCUT2D eigenvalue weighted by molar-refractivity contribution is 9.09. The molecule has 1 atom stereocenters. The predicted octanol–water partition coefficient (Wildman–Crippen LogP) is 4.46. The van der Waals surface area contributed by atoms with Crippen LogP contribution in [0.15, 0.2) is 30.3 Å². The van der Waals surface area contributed by atoms with Crippen molar-refractivity contribution < 1.29 is 4.79 Å². The van der Waals surface area contributed by atoms with Crippen LogP contribution in [0.1, 0.15) is 49.9 Å². The zero-order valence-electron chi connectivity index (χ0n) is 11.9. The van der Waals surface area contributed by atoms with Crippen molar-refractivity contribution in [3.05, 3.63) is 35.9 Å². The summed E-state index contributed by atoms with van der Waals surface area (Å²) in [6.45, 7) is 4.91. The van der Waals surface area contributed by atoms with Gasteiger partial charge in [-0.3, -0.25) is 4.79 Å². The zero-order valence-corrected chi connectivity index (χ0v) is 13.4. The lowest BCUT2D eigenvalue weighted by molar-refractivity contribution is -0.125. The fraction of sp³-hybridized carbons (Fsp3) is 0.562. The standard InChI is InChI=1S/C16H24BrNO/c1-3-8-14(9-4-2)16(19)18-12-15(17)13-10-6-5-7-11-13/h5-7,10-11,14-15H,3-4,8-9,12H2,1-2H3,(H,18,19). The normalized spacial score (nSPS) is 12.4. The second-order valence-corrected chi connectivity index (χ2v) is 6.00. The lowest BCUT2D eigenvalue weighted by Gasteiger charge is -2.17. The third-order valence-corrected chi connectivity index (χ3v) is 4.11. The molecule has 0 spiro atoms. The van der Waals surface area contributed by atoms with Crippen molar-refractivity contribution >= 4 is 21.8 Å². The minimum absolute atomic E-state index is 0.172. The van der Waals surface area contributed by atoms with Crippen molar-refractivity contribution in [1.82, 2.24) is 5.32 Å². The fourth-order valence-corrected chi connectivity index (χ4v) is 2.68. The SMILES string of the molecule is CCCC(CCC)C(=O)NCC(Br)c1ccccc1. The summed E-state index contributed by atoms with van der Waals surface area (Å²) in [5.74, 6) is 0.370. The van der Waals surface area contributed by atoms with Crippen molar-refractivity contribution in [2.75, 3.05) is 6.54 Å². The first-order valence-corrected chi connectivity index (χ1v) is 8.07. The molecule has 0 aliphatic rings. The molecule has 2 nitrogen and oxygen atoms in total. The Labute approximate surface area is 125 Å². The number of alkyl halides is 1. The molecule has 1 unspecified atom stereocenters. The smallest absolute Gasteiger partial charge is 0.223 e. The number of benzene rings is 1. The maximum Gasteiger partial charge on any atom is 0.223 e. The van der Waals surface area contributed by atoms with Gasteiger partial charge < -0.3 is 5.32 Å². The first kappa shape index (κ1) is 16.2. The van der Waals surface area contributed by atoms with Gasteiger partial charge in [0.05, 0.1) is 4.83 Å². The van der Waals surface area contributed by atoms with Crippen molar-refractivity contribution in [3.63, 3.8) is 0 Å². The number of rotatable bonds is 8. The molecule has 1 aromatic carbocycles. The number of nitrogens with one attached hydrogen (secondary N) is 1. The van der Waals surface area contributed by atoms with Crippen LogP contribution >= 0.6 is 15.9 Å². The van der Waals surface area contributed by atoms with Crippen molar-refractivity contribution in [1.29, 1.82) is 0 Å². The highest BCUT2D eigenvalue weighted by Crippen LogP contribution is 2.21. The molecule has 0 heterocycles. The first-order chi connectivity index (χ1) is 9.19. The van der Waals surface area contributed by atoms with E-state index in [0.717, 1.165) is 25.7 Å². The maximum atomic E-state index is 12.1. The highest BCUT2D eigenvalue weighted by atomic mass is 79.9. The highest BCUT2D eigenvalue weighted by Gasteiger charge is 2.17. The van der Waals surface area contributed by atoms with Gasteiger partial charge in [-0.2, -0.15) is 0 Å². The summed E-state index contributed by atoms with van der Waals surface area (Å²) in [5.41, 5.74) is 1.20. The maximum absolute atomic E-state index is 12.1. The van der Waals surface area contributed by atoms with E-state index in [1.807, 2.05) is 18.2 Å². The summed E-state index contributed by atoms with van der Waals surface area (Å²) in [7, 11) is 0. The van der Waals surface area contributed by atoms with Crippen LogP contribution in [0.2, 0.25) is 0 Å². The van der Waals surface area contributed by atoms with Gasteiger partial charge in [-0.1, -0.05) is 73.0 Å². The van der Waals surface area contributed by atoms with Crippen LogP contribution in [-0.2, 0) is 4.79 Å². The second kappa shape index (κ2) is 9.13. The molecule has 0 bridgehead atoms. The van der Waals surface area contributed by atoms with Gasteiger partial charge >= 0.3 is 0 Å². The van der Waals surface area contributed by atoms with E-state index in [1.165, 1.54) is 5.56 Å². The molecular formula is C16H24BrNO. The van der Waals surface area contributed by atoms with E-state index in [9.17, 15) is 4.79 Å². The molecule has 0 saturated heterocycles. The summed E-state index contributed by atoms with van der Waals surface area (Å²) >= 11 is 3.63. The topological polar surface area (TPSA) is 29.1 Å². The van der Waals surface area contributed by atoms with Gasteiger partial charge in [0.15, 0.2) is 0 Å². The van der Waals surface area contributed by atoms with Gasteiger partial charge in [0, 0.05) is 12.5 Å². The van der Waals surface area contributed by atoms with E-state index in [2.05, 4.69) is 47.2 Å². The largest absolute Gasteiger partial charge is 0.354 e. The molecule has 1 rings (SSSR count). The van der Waals surface area contributed by atoms with E-state index in [4.69, 9.17) is 0 Å². The van der Waals surface area contributed by atoms with E-state index in [-0.39, 0.29) is 16.7 Å². The van der Waals surface area contributed by atoms with Crippen molar-refractivity contribution in [2.45, 2.75) is 44.4 Å². The summed E-state index contributed by atoms with van der Waals surface area (Å²) in [5, 5.41) is 3.06. The zero-order chi connectivity index (χ0) is 14.1.